The third-order valence-electron chi connectivity index (χ3n) is 5.83. The number of aromatic nitrogens is 3. The SMILES string of the molecule is CC(C)(C)N1Cc2cccc3c2-c2c(nnn2C3(C)C)-c2ccccc21. The smallest absolute Gasteiger partial charge is 0.123 e. The summed E-state index contributed by atoms with van der Waals surface area (Å²) in [5.41, 5.74) is 8.39. The van der Waals surface area contributed by atoms with E-state index in [0.717, 1.165) is 12.2 Å². The van der Waals surface area contributed by atoms with Gasteiger partial charge in [0.15, 0.2) is 0 Å². The van der Waals surface area contributed by atoms with Gasteiger partial charge in [-0.25, -0.2) is 4.68 Å². The number of nitrogens with zero attached hydrogens (tertiary/aromatic N) is 4. The van der Waals surface area contributed by atoms with Crippen molar-refractivity contribution in [3.8, 4) is 22.5 Å². The highest BCUT2D eigenvalue weighted by molar-refractivity contribution is 5.91. The third kappa shape index (κ3) is 1.84. The second kappa shape index (κ2) is 4.76. The van der Waals surface area contributed by atoms with E-state index in [1.54, 1.807) is 0 Å². The molecule has 0 radical (unpaired) electrons. The summed E-state index contributed by atoms with van der Waals surface area (Å²) in [6, 6.07) is 15.3. The summed E-state index contributed by atoms with van der Waals surface area (Å²) in [7, 11) is 0. The van der Waals surface area contributed by atoms with Crippen molar-refractivity contribution in [1.29, 1.82) is 0 Å². The minimum Gasteiger partial charge on any atom is -0.362 e. The first-order valence-corrected chi connectivity index (χ1v) is 9.26. The first-order chi connectivity index (χ1) is 12.3. The van der Waals surface area contributed by atoms with Gasteiger partial charge in [-0.1, -0.05) is 41.6 Å². The molecule has 2 aliphatic heterocycles. The molecule has 2 aliphatic rings. The number of hydrogen-bond acceptors (Lipinski definition) is 3. The van der Waals surface area contributed by atoms with E-state index in [-0.39, 0.29) is 11.1 Å². The second-order valence-electron chi connectivity index (χ2n) is 8.87. The first-order valence-electron chi connectivity index (χ1n) is 9.26. The van der Waals surface area contributed by atoms with E-state index in [4.69, 9.17) is 0 Å². The van der Waals surface area contributed by atoms with Crippen LogP contribution in [0.15, 0.2) is 42.5 Å². The average molecular weight is 344 g/mol. The number of anilines is 1. The number of rotatable bonds is 0. The summed E-state index contributed by atoms with van der Waals surface area (Å²) in [6.45, 7) is 12.2. The van der Waals surface area contributed by atoms with Gasteiger partial charge in [0.2, 0.25) is 0 Å². The predicted octanol–water partition coefficient (Wildman–Crippen LogP) is 4.83. The van der Waals surface area contributed by atoms with Crippen LogP contribution in [0.1, 0.15) is 45.7 Å². The largest absolute Gasteiger partial charge is 0.362 e. The summed E-state index contributed by atoms with van der Waals surface area (Å²) in [5, 5.41) is 9.23. The Morgan fingerprint density at radius 1 is 1.00 bits per heavy atom. The van der Waals surface area contributed by atoms with E-state index in [0.29, 0.717) is 0 Å². The molecule has 0 aliphatic carbocycles. The van der Waals surface area contributed by atoms with Gasteiger partial charge in [-0.2, -0.15) is 0 Å². The predicted molar refractivity (Wildman–Crippen MR) is 105 cm³/mol. The molecule has 0 fully saturated rings. The van der Waals surface area contributed by atoms with Crippen LogP contribution in [0.3, 0.4) is 0 Å². The van der Waals surface area contributed by atoms with E-state index in [9.17, 15) is 0 Å². The molecule has 0 N–H and O–H groups in total. The van der Waals surface area contributed by atoms with E-state index in [2.05, 4.69) is 97.0 Å². The van der Waals surface area contributed by atoms with Crippen LogP contribution >= 0.6 is 0 Å². The van der Waals surface area contributed by atoms with Crippen LogP contribution in [-0.2, 0) is 12.1 Å². The van der Waals surface area contributed by atoms with Crippen LogP contribution in [0.5, 0.6) is 0 Å². The van der Waals surface area contributed by atoms with E-state index >= 15 is 0 Å². The lowest BCUT2D eigenvalue weighted by atomic mass is 9.88. The fraction of sp³-hybridized carbons (Fsp3) is 0.364. The van der Waals surface area contributed by atoms with E-state index < -0.39 is 0 Å². The molecule has 0 spiro atoms. The standard InChI is InChI=1S/C22H24N4/c1-21(2,3)25-13-14-9-8-11-16-18(14)20-19(15-10-6-7-12-17(15)25)23-24-26(20)22(16,4)5/h6-12H,13H2,1-5H3. The Labute approximate surface area is 154 Å². The molecule has 0 bridgehead atoms. The zero-order valence-corrected chi connectivity index (χ0v) is 16.0. The Morgan fingerprint density at radius 2 is 1.77 bits per heavy atom. The molecule has 0 amide bonds. The molecule has 5 rings (SSSR count). The molecule has 0 atom stereocenters. The van der Waals surface area contributed by atoms with Crippen molar-refractivity contribution in [2.75, 3.05) is 4.90 Å². The van der Waals surface area contributed by atoms with Crippen LogP contribution in [0, 0.1) is 0 Å². The van der Waals surface area contributed by atoms with Gasteiger partial charge in [0, 0.05) is 28.9 Å². The molecular formula is C22H24N4. The zero-order valence-electron chi connectivity index (χ0n) is 16.0. The van der Waals surface area contributed by atoms with Crippen molar-refractivity contribution in [3.63, 3.8) is 0 Å². The summed E-state index contributed by atoms with van der Waals surface area (Å²) >= 11 is 0. The lowest BCUT2D eigenvalue weighted by molar-refractivity contribution is 0.401. The average Bonchev–Trinajstić information content (AvgIpc) is 3.10. The van der Waals surface area contributed by atoms with Gasteiger partial charge in [-0.3, -0.25) is 0 Å². The van der Waals surface area contributed by atoms with Gasteiger partial charge in [0.1, 0.15) is 5.69 Å². The molecule has 0 unspecified atom stereocenters. The molecule has 0 saturated heterocycles. The van der Waals surface area contributed by atoms with Crippen molar-refractivity contribution >= 4 is 5.69 Å². The number of fused-ring (bicyclic) bond motifs is 2. The molecule has 1 aromatic heterocycles. The molecule has 3 heterocycles. The lowest BCUT2D eigenvalue weighted by Gasteiger charge is -2.40. The quantitative estimate of drug-likeness (QED) is 0.586. The topological polar surface area (TPSA) is 34.0 Å². The van der Waals surface area contributed by atoms with Crippen LogP contribution in [0.2, 0.25) is 0 Å². The van der Waals surface area contributed by atoms with E-state index in [1.165, 1.54) is 33.6 Å². The molecule has 0 saturated carbocycles. The molecule has 26 heavy (non-hydrogen) atoms. The highest BCUT2D eigenvalue weighted by Gasteiger charge is 2.42. The summed E-state index contributed by atoms with van der Waals surface area (Å²) in [6.07, 6.45) is 0. The van der Waals surface area contributed by atoms with Crippen LogP contribution in [-0.4, -0.2) is 20.5 Å². The van der Waals surface area contributed by atoms with Crippen molar-refractivity contribution in [1.82, 2.24) is 15.0 Å². The number of para-hydroxylation sites is 1. The highest BCUT2D eigenvalue weighted by Crippen LogP contribution is 2.51. The Bertz CT molecular complexity index is 1040. The maximum Gasteiger partial charge on any atom is 0.123 e. The zero-order chi connectivity index (χ0) is 18.3. The van der Waals surface area contributed by atoms with Gasteiger partial charge in [-0.05, 0) is 51.8 Å². The minimum absolute atomic E-state index is 0.000444. The van der Waals surface area contributed by atoms with Crippen molar-refractivity contribution < 1.29 is 0 Å². The van der Waals surface area contributed by atoms with Crippen LogP contribution < -0.4 is 4.90 Å². The Kier molecular flexibility index (Phi) is 2.86. The van der Waals surface area contributed by atoms with Gasteiger partial charge in [-0.15, -0.1) is 5.10 Å². The monoisotopic (exact) mass is 344 g/mol. The third-order valence-corrected chi connectivity index (χ3v) is 5.83. The second-order valence-corrected chi connectivity index (χ2v) is 8.87. The van der Waals surface area contributed by atoms with Gasteiger partial charge in [0.25, 0.3) is 0 Å². The van der Waals surface area contributed by atoms with Gasteiger partial charge in [0.05, 0.1) is 11.2 Å². The van der Waals surface area contributed by atoms with Crippen molar-refractivity contribution in [2.24, 2.45) is 0 Å². The maximum atomic E-state index is 4.64. The lowest BCUT2D eigenvalue weighted by Crippen LogP contribution is -2.41. The number of benzene rings is 2. The van der Waals surface area contributed by atoms with E-state index in [1.807, 2.05) is 0 Å². The van der Waals surface area contributed by atoms with Gasteiger partial charge >= 0.3 is 0 Å². The fourth-order valence-corrected chi connectivity index (χ4v) is 4.48. The molecule has 132 valence electrons. The normalized spacial score (nSPS) is 16.7. The first kappa shape index (κ1) is 15.6. The molecular weight excluding hydrogens is 320 g/mol. The summed E-state index contributed by atoms with van der Waals surface area (Å²) in [5.74, 6) is 0. The molecule has 2 aromatic carbocycles. The molecule has 3 aromatic rings. The van der Waals surface area contributed by atoms with Gasteiger partial charge < -0.3 is 4.90 Å². The van der Waals surface area contributed by atoms with Crippen molar-refractivity contribution in [2.45, 2.75) is 52.2 Å². The van der Waals surface area contributed by atoms with Crippen molar-refractivity contribution in [3.05, 3.63) is 53.6 Å². The summed E-state index contributed by atoms with van der Waals surface area (Å²) < 4.78 is 2.11. The van der Waals surface area contributed by atoms with Crippen LogP contribution in [0.25, 0.3) is 22.5 Å². The molecule has 4 heteroatoms. The number of hydrogen-bond donors (Lipinski definition) is 0. The highest BCUT2D eigenvalue weighted by atomic mass is 15.5. The summed E-state index contributed by atoms with van der Waals surface area (Å²) in [4.78, 5) is 2.49. The maximum absolute atomic E-state index is 4.64. The molecule has 4 nitrogen and oxygen atoms in total. The minimum atomic E-state index is -0.183. The Balaban J connectivity index is 1.93. The Morgan fingerprint density at radius 3 is 2.54 bits per heavy atom. The fourth-order valence-electron chi connectivity index (χ4n) is 4.48. The Hall–Kier alpha value is -2.62. The van der Waals surface area contributed by atoms with Crippen LogP contribution in [0.4, 0.5) is 5.69 Å².